The van der Waals surface area contributed by atoms with E-state index in [1.807, 2.05) is 4.98 Å². The number of aryl methyl sites for hydroxylation is 1. The van der Waals surface area contributed by atoms with Crippen LogP contribution in [0.3, 0.4) is 0 Å². The lowest BCUT2D eigenvalue weighted by molar-refractivity contribution is 0.592. The molecule has 0 unspecified atom stereocenters. The third kappa shape index (κ3) is 0.975. The first-order chi connectivity index (χ1) is 4.75. The molecule has 0 atom stereocenters. The summed E-state index contributed by atoms with van der Waals surface area (Å²) >= 11 is 0. The highest BCUT2D eigenvalue weighted by Gasteiger charge is 1.95. The van der Waals surface area contributed by atoms with Crippen molar-refractivity contribution in [1.82, 2.24) is 14.8 Å². The molecule has 10 heavy (non-hydrogen) atoms. The number of H-pyrrole nitrogens is 1. The Morgan fingerprint density at radius 2 is 2.40 bits per heavy atom. The van der Waals surface area contributed by atoms with Crippen LogP contribution in [0.2, 0.25) is 0 Å². The molecule has 0 fully saturated rings. The average molecular weight is 140 g/mol. The molecule has 1 aromatic rings. The fourth-order valence-corrected chi connectivity index (χ4v) is 0.567. The van der Waals surface area contributed by atoms with Gasteiger partial charge in [-0.25, -0.2) is 4.68 Å². The van der Waals surface area contributed by atoms with E-state index in [2.05, 4.69) is 11.4 Å². The van der Waals surface area contributed by atoms with Gasteiger partial charge in [-0.1, -0.05) is 0 Å². The quantitative estimate of drug-likeness (QED) is 0.495. The van der Waals surface area contributed by atoms with Crippen molar-refractivity contribution < 1.29 is 0 Å². The van der Waals surface area contributed by atoms with Gasteiger partial charge in [0.2, 0.25) is 0 Å². The highest BCUT2D eigenvalue weighted by Crippen LogP contribution is 1.63. The molecule has 53 valence electrons. The summed E-state index contributed by atoms with van der Waals surface area (Å²) in [5, 5.41) is 3.48. The molecule has 0 saturated carbocycles. The number of hydrogen-bond donors (Lipinski definition) is 1. The molecular weight excluding hydrogens is 134 g/mol. The topological polar surface area (TPSA) is 67.8 Å². The first-order valence-corrected chi connectivity index (χ1v) is 2.83. The molecule has 0 spiro atoms. The molecule has 1 rings (SSSR count). The van der Waals surface area contributed by atoms with E-state index < -0.39 is 11.1 Å². The van der Waals surface area contributed by atoms with Crippen LogP contribution in [0.15, 0.2) is 9.59 Å². The number of aromatic nitrogens is 3. The summed E-state index contributed by atoms with van der Waals surface area (Å²) in [6.07, 6.45) is 2.20. The van der Waals surface area contributed by atoms with Crippen LogP contribution in [0.5, 0.6) is 0 Å². The van der Waals surface area contributed by atoms with Crippen molar-refractivity contribution >= 4 is 0 Å². The van der Waals surface area contributed by atoms with Crippen LogP contribution >= 0.6 is 0 Å². The van der Waals surface area contributed by atoms with Crippen molar-refractivity contribution in [3.05, 3.63) is 27.0 Å². The molecule has 0 bridgehead atoms. The number of nitrogens with one attached hydrogen (secondary N) is 1. The molecule has 0 aliphatic carbocycles. The maximum Gasteiger partial charge on any atom is 0.332 e. The summed E-state index contributed by atoms with van der Waals surface area (Å²) < 4.78 is 1.04. The fraction of sp³-hybridized carbons (Fsp3) is 0.400. The molecular formula is C5H6N3O2. The number of aromatic amines is 1. The van der Waals surface area contributed by atoms with Gasteiger partial charge in [0, 0.05) is 6.54 Å². The maximum absolute atomic E-state index is 10.7. The van der Waals surface area contributed by atoms with E-state index in [1.54, 1.807) is 6.92 Å². The third-order valence-corrected chi connectivity index (χ3v) is 1.07. The Morgan fingerprint density at radius 1 is 1.70 bits per heavy atom. The second-order valence-corrected chi connectivity index (χ2v) is 1.69. The second kappa shape index (κ2) is 2.47. The number of rotatable bonds is 1. The van der Waals surface area contributed by atoms with Crippen LogP contribution in [0.25, 0.3) is 0 Å². The van der Waals surface area contributed by atoms with E-state index >= 15 is 0 Å². The Kier molecular flexibility index (Phi) is 1.66. The Balaban J connectivity index is 3.43. The Labute approximate surface area is 56.3 Å². The third-order valence-electron chi connectivity index (χ3n) is 1.07. The Morgan fingerprint density at radius 3 is 2.90 bits per heavy atom. The van der Waals surface area contributed by atoms with Crippen LogP contribution in [-0.2, 0) is 6.54 Å². The summed E-state index contributed by atoms with van der Waals surface area (Å²) in [5.41, 5.74) is -1.32. The predicted octanol–water partition coefficient (Wildman–Crippen LogP) is -1.25. The predicted molar refractivity (Wildman–Crippen MR) is 33.6 cm³/mol. The maximum atomic E-state index is 10.7. The average Bonchev–Trinajstić information content (AvgIpc) is 1.95. The van der Waals surface area contributed by atoms with Gasteiger partial charge >= 0.3 is 11.1 Å². The highest BCUT2D eigenvalue weighted by molar-refractivity contribution is 4.70. The monoisotopic (exact) mass is 140 g/mol. The Hall–Kier alpha value is -1.39. The van der Waals surface area contributed by atoms with Gasteiger partial charge in [0.1, 0.15) is 0 Å². The molecule has 0 aromatic carbocycles. The van der Waals surface area contributed by atoms with E-state index in [4.69, 9.17) is 0 Å². The summed E-state index contributed by atoms with van der Waals surface area (Å²) in [5.74, 6) is 0. The summed E-state index contributed by atoms with van der Waals surface area (Å²) in [6.45, 7) is 2.11. The van der Waals surface area contributed by atoms with Gasteiger partial charge in [-0.05, 0) is 6.92 Å². The SMILES string of the molecule is CCn1n[c][nH]c(=O)c1=O. The minimum atomic E-state index is -0.683. The first kappa shape index (κ1) is 6.73. The van der Waals surface area contributed by atoms with Crippen molar-refractivity contribution in [3.63, 3.8) is 0 Å². The van der Waals surface area contributed by atoms with Crippen LogP contribution in [0.4, 0.5) is 0 Å². The van der Waals surface area contributed by atoms with Crippen molar-refractivity contribution in [3.8, 4) is 0 Å². The fourth-order valence-electron chi connectivity index (χ4n) is 0.567. The normalized spacial score (nSPS) is 9.70. The summed E-state index contributed by atoms with van der Waals surface area (Å²) in [7, 11) is 0. The van der Waals surface area contributed by atoms with Crippen LogP contribution < -0.4 is 11.1 Å². The molecule has 1 N–H and O–H groups in total. The van der Waals surface area contributed by atoms with E-state index in [0.29, 0.717) is 6.54 Å². The molecule has 1 heterocycles. The van der Waals surface area contributed by atoms with Crippen LogP contribution in [0.1, 0.15) is 6.92 Å². The standard InChI is InChI=1S/C5H6N3O2/c1-2-8-5(10)4(9)6-3-7-8/h2H2,1H3,(H,6,7,9). The highest BCUT2D eigenvalue weighted by atomic mass is 16.2. The van der Waals surface area contributed by atoms with Crippen molar-refractivity contribution in [2.75, 3.05) is 0 Å². The van der Waals surface area contributed by atoms with Gasteiger partial charge in [-0.3, -0.25) is 14.6 Å². The molecule has 0 aliphatic heterocycles. The zero-order chi connectivity index (χ0) is 7.56. The van der Waals surface area contributed by atoms with Crippen molar-refractivity contribution in [1.29, 1.82) is 0 Å². The molecule has 1 aromatic heterocycles. The Bertz CT molecular complexity index is 324. The van der Waals surface area contributed by atoms with Gasteiger partial charge in [-0.15, -0.1) is 5.10 Å². The van der Waals surface area contributed by atoms with Gasteiger partial charge in [0.25, 0.3) is 0 Å². The summed E-state index contributed by atoms with van der Waals surface area (Å²) in [4.78, 5) is 23.3. The molecule has 0 amide bonds. The van der Waals surface area contributed by atoms with Crippen LogP contribution in [-0.4, -0.2) is 14.8 Å². The largest absolute Gasteiger partial charge is 0.332 e. The van der Waals surface area contributed by atoms with Crippen molar-refractivity contribution in [2.24, 2.45) is 0 Å². The van der Waals surface area contributed by atoms with E-state index in [0.717, 1.165) is 4.68 Å². The van der Waals surface area contributed by atoms with E-state index in [9.17, 15) is 9.59 Å². The molecule has 1 radical (unpaired) electrons. The zero-order valence-corrected chi connectivity index (χ0v) is 5.42. The lowest BCUT2D eigenvalue weighted by atomic mass is 10.7. The second-order valence-electron chi connectivity index (χ2n) is 1.69. The first-order valence-electron chi connectivity index (χ1n) is 2.83. The summed E-state index contributed by atoms with van der Waals surface area (Å²) in [6, 6.07) is 0. The van der Waals surface area contributed by atoms with Gasteiger partial charge in [0.15, 0.2) is 6.33 Å². The number of hydrogen-bond acceptors (Lipinski definition) is 3. The van der Waals surface area contributed by atoms with Gasteiger partial charge in [0.05, 0.1) is 0 Å². The lowest BCUT2D eigenvalue weighted by Crippen LogP contribution is -2.37. The van der Waals surface area contributed by atoms with E-state index in [1.165, 1.54) is 0 Å². The van der Waals surface area contributed by atoms with Gasteiger partial charge < -0.3 is 0 Å². The zero-order valence-electron chi connectivity index (χ0n) is 5.42. The lowest BCUT2D eigenvalue weighted by Gasteiger charge is -1.93. The molecule has 0 aliphatic rings. The molecule has 5 heteroatoms. The number of nitrogens with zero attached hydrogens (tertiary/aromatic N) is 2. The van der Waals surface area contributed by atoms with Crippen molar-refractivity contribution in [2.45, 2.75) is 13.5 Å². The molecule has 5 nitrogen and oxygen atoms in total. The minimum Gasteiger partial charge on any atom is -0.298 e. The van der Waals surface area contributed by atoms with Gasteiger partial charge in [-0.2, -0.15) is 0 Å². The smallest absolute Gasteiger partial charge is 0.298 e. The van der Waals surface area contributed by atoms with E-state index in [-0.39, 0.29) is 0 Å². The minimum absolute atomic E-state index is 0.388. The van der Waals surface area contributed by atoms with Crippen LogP contribution in [0, 0.1) is 6.33 Å². The molecule has 0 saturated heterocycles.